The number of piperidine rings is 1. The number of fused-ring (bicyclic) bond motifs is 1. The van der Waals surface area contributed by atoms with E-state index in [0.29, 0.717) is 13.0 Å². The molecule has 4 rings (SSSR count). The van der Waals surface area contributed by atoms with Crippen molar-refractivity contribution in [2.24, 2.45) is 0 Å². The third-order valence-electron chi connectivity index (χ3n) is 5.32. The van der Waals surface area contributed by atoms with Gasteiger partial charge in [0.1, 0.15) is 5.72 Å². The first kappa shape index (κ1) is 15.4. The second kappa shape index (κ2) is 6.40. The molecule has 2 aliphatic heterocycles. The van der Waals surface area contributed by atoms with Crippen LogP contribution in [0.3, 0.4) is 0 Å². The van der Waals surface area contributed by atoms with Gasteiger partial charge in [-0.15, -0.1) is 0 Å². The molecule has 0 radical (unpaired) electrons. The Hall–Kier alpha value is -2.13. The van der Waals surface area contributed by atoms with Crippen LogP contribution in [-0.2, 0) is 16.0 Å². The molecule has 2 aromatic carbocycles. The predicted molar refractivity (Wildman–Crippen MR) is 93.3 cm³/mol. The second-order valence-electron chi connectivity index (χ2n) is 6.79. The van der Waals surface area contributed by atoms with Crippen molar-refractivity contribution < 1.29 is 9.53 Å². The van der Waals surface area contributed by atoms with Crippen LogP contribution in [0.25, 0.3) is 0 Å². The SMILES string of the molecule is O=C1CCC[C@@]2(CCc3ccccc3)OC[C@@H](c3ccccc3)N12. The van der Waals surface area contributed by atoms with Crippen molar-refractivity contribution in [1.29, 1.82) is 0 Å². The summed E-state index contributed by atoms with van der Waals surface area (Å²) in [6, 6.07) is 20.8. The molecule has 0 saturated carbocycles. The lowest BCUT2D eigenvalue weighted by atomic mass is 9.90. The highest BCUT2D eigenvalue weighted by Gasteiger charge is 2.51. The maximum Gasteiger partial charge on any atom is 0.225 e. The summed E-state index contributed by atoms with van der Waals surface area (Å²) < 4.78 is 6.31. The largest absolute Gasteiger partial charge is 0.353 e. The number of ether oxygens (including phenoxy) is 1. The normalized spacial score (nSPS) is 26.4. The van der Waals surface area contributed by atoms with E-state index in [1.54, 1.807) is 0 Å². The van der Waals surface area contributed by atoms with Crippen molar-refractivity contribution in [2.75, 3.05) is 6.61 Å². The minimum absolute atomic E-state index is 0.0507. The van der Waals surface area contributed by atoms with E-state index in [1.165, 1.54) is 11.1 Å². The van der Waals surface area contributed by atoms with Crippen molar-refractivity contribution in [1.82, 2.24) is 4.90 Å². The van der Waals surface area contributed by atoms with Gasteiger partial charge in [0.2, 0.25) is 5.91 Å². The maximum atomic E-state index is 12.7. The summed E-state index contributed by atoms with van der Waals surface area (Å²) in [5, 5.41) is 0. The topological polar surface area (TPSA) is 29.5 Å². The molecule has 2 aromatic rings. The van der Waals surface area contributed by atoms with Gasteiger partial charge in [-0.2, -0.15) is 0 Å². The van der Waals surface area contributed by atoms with Crippen LogP contribution in [0.1, 0.15) is 42.9 Å². The van der Waals surface area contributed by atoms with E-state index in [0.717, 1.165) is 25.7 Å². The van der Waals surface area contributed by atoms with E-state index in [9.17, 15) is 4.79 Å². The van der Waals surface area contributed by atoms with E-state index in [4.69, 9.17) is 4.74 Å². The predicted octanol–water partition coefficient (Wildman–Crippen LogP) is 4.10. The molecule has 3 nitrogen and oxygen atoms in total. The van der Waals surface area contributed by atoms with E-state index < -0.39 is 5.72 Å². The molecule has 2 fully saturated rings. The number of carbonyl (C=O) groups is 1. The van der Waals surface area contributed by atoms with Crippen molar-refractivity contribution in [3.05, 3.63) is 71.8 Å². The molecular weight excluding hydrogens is 298 g/mol. The minimum Gasteiger partial charge on any atom is -0.353 e. The van der Waals surface area contributed by atoms with E-state index in [-0.39, 0.29) is 11.9 Å². The monoisotopic (exact) mass is 321 g/mol. The Morgan fingerprint density at radius 1 is 1.04 bits per heavy atom. The third kappa shape index (κ3) is 2.73. The van der Waals surface area contributed by atoms with Gasteiger partial charge in [-0.3, -0.25) is 4.79 Å². The first-order valence-electron chi connectivity index (χ1n) is 8.83. The van der Waals surface area contributed by atoms with Crippen LogP contribution in [-0.4, -0.2) is 23.1 Å². The van der Waals surface area contributed by atoms with Crippen LogP contribution in [0.5, 0.6) is 0 Å². The maximum absolute atomic E-state index is 12.7. The molecule has 1 amide bonds. The third-order valence-corrected chi connectivity index (χ3v) is 5.32. The van der Waals surface area contributed by atoms with E-state index >= 15 is 0 Å². The molecule has 124 valence electrons. The zero-order chi connectivity index (χ0) is 16.4. The average Bonchev–Trinajstić information content (AvgIpc) is 3.03. The molecule has 24 heavy (non-hydrogen) atoms. The van der Waals surface area contributed by atoms with E-state index in [2.05, 4.69) is 41.3 Å². The molecule has 2 heterocycles. The van der Waals surface area contributed by atoms with Gasteiger partial charge in [-0.05, 0) is 36.8 Å². The van der Waals surface area contributed by atoms with Crippen molar-refractivity contribution in [3.63, 3.8) is 0 Å². The number of amides is 1. The quantitative estimate of drug-likeness (QED) is 0.848. The fourth-order valence-corrected chi connectivity index (χ4v) is 4.11. The van der Waals surface area contributed by atoms with Crippen LogP contribution in [0.2, 0.25) is 0 Å². The summed E-state index contributed by atoms with van der Waals surface area (Å²) in [4.78, 5) is 14.8. The summed E-state index contributed by atoms with van der Waals surface area (Å²) in [5.74, 6) is 0.237. The Labute approximate surface area is 143 Å². The average molecular weight is 321 g/mol. The molecule has 3 heteroatoms. The van der Waals surface area contributed by atoms with Gasteiger partial charge in [-0.1, -0.05) is 60.7 Å². The number of hydrogen-bond donors (Lipinski definition) is 0. The fourth-order valence-electron chi connectivity index (χ4n) is 4.11. The first-order chi connectivity index (χ1) is 11.8. The lowest BCUT2D eigenvalue weighted by Crippen LogP contribution is -2.52. The van der Waals surface area contributed by atoms with Crippen LogP contribution in [0.15, 0.2) is 60.7 Å². The van der Waals surface area contributed by atoms with Crippen LogP contribution in [0, 0.1) is 0 Å². The van der Waals surface area contributed by atoms with Crippen molar-refractivity contribution in [2.45, 2.75) is 43.9 Å². The zero-order valence-corrected chi connectivity index (χ0v) is 13.9. The fraction of sp³-hybridized carbons (Fsp3) is 0.381. The Kier molecular flexibility index (Phi) is 4.11. The van der Waals surface area contributed by atoms with Crippen molar-refractivity contribution >= 4 is 5.91 Å². The number of rotatable bonds is 4. The number of benzene rings is 2. The molecule has 0 aliphatic carbocycles. The Balaban J connectivity index is 1.59. The Bertz CT molecular complexity index is 700. The molecule has 2 aliphatic rings. The smallest absolute Gasteiger partial charge is 0.225 e. The van der Waals surface area contributed by atoms with Crippen LogP contribution < -0.4 is 0 Å². The van der Waals surface area contributed by atoms with Gasteiger partial charge in [-0.25, -0.2) is 0 Å². The minimum atomic E-state index is -0.425. The Morgan fingerprint density at radius 3 is 2.50 bits per heavy atom. The molecule has 0 N–H and O–H groups in total. The molecule has 0 aromatic heterocycles. The van der Waals surface area contributed by atoms with Crippen LogP contribution >= 0.6 is 0 Å². The van der Waals surface area contributed by atoms with Gasteiger partial charge in [0.15, 0.2) is 0 Å². The number of hydrogen-bond acceptors (Lipinski definition) is 2. The number of nitrogens with zero attached hydrogens (tertiary/aromatic N) is 1. The lowest BCUT2D eigenvalue weighted by Gasteiger charge is -2.43. The van der Waals surface area contributed by atoms with Gasteiger partial charge < -0.3 is 9.64 Å². The summed E-state index contributed by atoms with van der Waals surface area (Å²) >= 11 is 0. The Morgan fingerprint density at radius 2 is 1.75 bits per heavy atom. The second-order valence-corrected chi connectivity index (χ2v) is 6.79. The molecule has 0 bridgehead atoms. The highest BCUT2D eigenvalue weighted by Crippen LogP contribution is 2.45. The van der Waals surface area contributed by atoms with Crippen molar-refractivity contribution in [3.8, 4) is 0 Å². The summed E-state index contributed by atoms with van der Waals surface area (Å²) in [6.07, 6.45) is 4.30. The standard InChI is InChI=1S/C21H23NO2/c23-20-12-7-14-21(15-13-17-8-3-1-4-9-17)22(20)19(16-24-21)18-10-5-2-6-11-18/h1-6,8-11,19H,7,12-16H2/t19-,21-/m0/s1. The number of aryl methyl sites for hydroxylation is 1. The first-order valence-corrected chi connectivity index (χ1v) is 8.83. The molecule has 2 atom stereocenters. The van der Waals surface area contributed by atoms with Gasteiger partial charge >= 0.3 is 0 Å². The number of carbonyl (C=O) groups excluding carboxylic acids is 1. The molecule has 0 spiro atoms. The summed E-state index contributed by atoms with van der Waals surface area (Å²) in [5.41, 5.74) is 2.05. The highest BCUT2D eigenvalue weighted by molar-refractivity contribution is 5.78. The lowest BCUT2D eigenvalue weighted by molar-refractivity contribution is -0.162. The van der Waals surface area contributed by atoms with Gasteiger partial charge in [0, 0.05) is 6.42 Å². The summed E-state index contributed by atoms with van der Waals surface area (Å²) in [6.45, 7) is 0.602. The zero-order valence-electron chi connectivity index (χ0n) is 13.9. The summed E-state index contributed by atoms with van der Waals surface area (Å²) in [7, 11) is 0. The van der Waals surface area contributed by atoms with Gasteiger partial charge in [0.05, 0.1) is 12.6 Å². The highest BCUT2D eigenvalue weighted by atomic mass is 16.5. The van der Waals surface area contributed by atoms with Crippen LogP contribution in [0.4, 0.5) is 0 Å². The van der Waals surface area contributed by atoms with Gasteiger partial charge in [0.25, 0.3) is 0 Å². The molecule has 2 saturated heterocycles. The molecule has 0 unspecified atom stereocenters. The van der Waals surface area contributed by atoms with E-state index in [1.807, 2.05) is 24.3 Å². The molecular formula is C21H23NO2.